The highest BCUT2D eigenvalue weighted by molar-refractivity contribution is 9.10. The standard InChI is InChI=1S/C12H15BrN4O2S/c1-7-3-9(13)5-10(4-7)17-20(18,19)12-11(6-14)8(2)15-16-12/h3-5,17H,6,14H2,1-2H3,(H,15,16). The molecule has 0 aliphatic heterocycles. The highest BCUT2D eigenvalue weighted by Gasteiger charge is 2.23. The van der Waals surface area contributed by atoms with E-state index in [0.717, 1.165) is 10.0 Å². The number of aromatic nitrogens is 2. The summed E-state index contributed by atoms with van der Waals surface area (Å²) in [5.74, 6) is 0. The van der Waals surface area contributed by atoms with Crippen molar-refractivity contribution in [3.63, 3.8) is 0 Å². The lowest BCUT2D eigenvalue weighted by atomic mass is 10.2. The quantitative estimate of drug-likeness (QED) is 0.778. The fourth-order valence-corrected chi connectivity index (χ4v) is 3.75. The summed E-state index contributed by atoms with van der Waals surface area (Å²) in [6.45, 7) is 3.72. The largest absolute Gasteiger partial charge is 0.326 e. The molecule has 0 aliphatic carbocycles. The summed E-state index contributed by atoms with van der Waals surface area (Å²) >= 11 is 3.33. The van der Waals surface area contributed by atoms with Gasteiger partial charge in [0.1, 0.15) is 0 Å². The molecule has 0 bridgehead atoms. The smallest absolute Gasteiger partial charge is 0.281 e. The number of halogens is 1. The number of nitrogens with zero attached hydrogens (tertiary/aromatic N) is 1. The molecule has 108 valence electrons. The predicted octanol–water partition coefficient (Wildman–Crippen LogP) is 2.05. The second-order valence-electron chi connectivity index (χ2n) is 4.46. The van der Waals surface area contributed by atoms with Crippen molar-refractivity contribution in [3.05, 3.63) is 39.5 Å². The Morgan fingerprint density at radius 2 is 2.05 bits per heavy atom. The van der Waals surface area contributed by atoms with Gasteiger partial charge in [-0.15, -0.1) is 0 Å². The van der Waals surface area contributed by atoms with Gasteiger partial charge in [-0.1, -0.05) is 15.9 Å². The molecule has 0 unspecified atom stereocenters. The van der Waals surface area contributed by atoms with Crippen molar-refractivity contribution in [3.8, 4) is 0 Å². The summed E-state index contributed by atoms with van der Waals surface area (Å²) in [6, 6.07) is 5.32. The van der Waals surface area contributed by atoms with Crippen molar-refractivity contribution in [1.82, 2.24) is 10.2 Å². The molecule has 0 spiro atoms. The maximum absolute atomic E-state index is 12.4. The van der Waals surface area contributed by atoms with Gasteiger partial charge in [-0.3, -0.25) is 9.82 Å². The maximum atomic E-state index is 12.4. The number of sulfonamides is 1. The van der Waals surface area contributed by atoms with Gasteiger partial charge in [0.25, 0.3) is 10.0 Å². The van der Waals surface area contributed by atoms with Crippen molar-refractivity contribution in [2.75, 3.05) is 4.72 Å². The molecule has 20 heavy (non-hydrogen) atoms. The van der Waals surface area contributed by atoms with Crippen LogP contribution in [0.3, 0.4) is 0 Å². The number of aromatic amines is 1. The number of hydrogen-bond acceptors (Lipinski definition) is 4. The third kappa shape index (κ3) is 3.02. The van der Waals surface area contributed by atoms with Crippen LogP contribution in [-0.2, 0) is 16.6 Å². The summed E-state index contributed by atoms with van der Waals surface area (Å²) < 4.78 is 28.0. The lowest BCUT2D eigenvalue weighted by Crippen LogP contribution is -2.16. The van der Waals surface area contributed by atoms with Gasteiger partial charge in [-0.05, 0) is 37.6 Å². The van der Waals surface area contributed by atoms with Gasteiger partial charge in [0.05, 0.1) is 5.69 Å². The van der Waals surface area contributed by atoms with Gasteiger partial charge in [0, 0.05) is 22.3 Å². The number of hydrogen-bond donors (Lipinski definition) is 3. The van der Waals surface area contributed by atoms with E-state index in [9.17, 15) is 8.42 Å². The predicted molar refractivity (Wildman–Crippen MR) is 80.9 cm³/mol. The van der Waals surface area contributed by atoms with Gasteiger partial charge in [0.15, 0.2) is 0 Å². The van der Waals surface area contributed by atoms with Crippen LogP contribution in [0.1, 0.15) is 16.8 Å². The van der Waals surface area contributed by atoms with Crippen molar-refractivity contribution in [1.29, 1.82) is 0 Å². The highest BCUT2D eigenvalue weighted by atomic mass is 79.9. The zero-order valence-corrected chi connectivity index (χ0v) is 13.5. The van der Waals surface area contributed by atoms with Crippen molar-refractivity contribution in [2.45, 2.75) is 25.4 Å². The molecule has 0 aliphatic rings. The Kier molecular flexibility index (Phi) is 4.17. The number of nitrogens with one attached hydrogen (secondary N) is 2. The van der Waals surface area contributed by atoms with Gasteiger partial charge < -0.3 is 5.73 Å². The molecule has 1 aromatic carbocycles. The minimum absolute atomic E-state index is 0.0601. The number of anilines is 1. The summed E-state index contributed by atoms with van der Waals surface area (Å²) in [7, 11) is -3.76. The highest BCUT2D eigenvalue weighted by Crippen LogP contribution is 2.23. The molecule has 1 aromatic heterocycles. The van der Waals surface area contributed by atoms with Crippen LogP contribution < -0.4 is 10.5 Å². The monoisotopic (exact) mass is 358 g/mol. The molecule has 2 aromatic rings. The molecule has 4 N–H and O–H groups in total. The number of nitrogens with two attached hydrogens (primary N) is 1. The van der Waals surface area contributed by atoms with E-state index in [4.69, 9.17) is 5.73 Å². The molecular formula is C12H15BrN4O2S. The van der Waals surface area contributed by atoms with E-state index in [2.05, 4.69) is 30.8 Å². The third-order valence-electron chi connectivity index (χ3n) is 2.79. The molecule has 0 saturated heterocycles. The van der Waals surface area contributed by atoms with Crippen LogP contribution in [0, 0.1) is 13.8 Å². The molecular weight excluding hydrogens is 344 g/mol. The first-order chi connectivity index (χ1) is 9.33. The third-order valence-corrected chi connectivity index (χ3v) is 4.60. The Bertz CT molecular complexity index is 720. The Hall–Kier alpha value is -1.38. The fraction of sp³-hybridized carbons (Fsp3) is 0.250. The van der Waals surface area contributed by atoms with E-state index >= 15 is 0 Å². The first-order valence-electron chi connectivity index (χ1n) is 5.87. The maximum Gasteiger partial charge on any atom is 0.281 e. The van der Waals surface area contributed by atoms with Crippen LogP contribution in [0.15, 0.2) is 27.7 Å². The van der Waals surface area contributed by atoms with E-state index in [1.54, 1.807) is 19.1 Å². The van der Waals surface area contributed by atoms with E-state index < -0.39 is 10.0 Å². The average Bonchev–Trinajstić information content (AvgIpc) is 2.68. The van der Waals surface area contributed by atoms with Crippen molar-refractivity contribution < 1.29 is 8.42 Å². The zero-order chi connectivity index (χ0) is 14.9. The van der Waals surface area contributed by atoms with Gasteiger partial charge in [0.2, 0.25) is 5.03 Å². The van der Waals surface area contributed by atoms with Crippen molar-refractivity contribution in [2.24, 2.45) is 5.73 Å². The summed E-state index contributed by atoms with van der Waals surface area (Å²) in [4.78, 5) is 0. The molecule has 0 fully saturated rings. The van der Waals surface area contributed by atoms with Gasteiger partial charge in [-0.25, -0.2) is 0 Å². The van der Waals surface area contributed by atoms with Crippen LogP contribution in [0.2, 0.25) is 0 Å². The molecule has 0 amide bonds. The van der Waals surface area contributed by atoms with Crippen LogP contribution in [0.4, 0.5) is 5.69 Å². The van der Waals surface area contributed by atoms with Crippen LogP contribution in [-0.4, -0.2) is 18.6 Å². The first kappa shape index (κ1) is 15.0. The van der Waals surface area contributed by atoms with Crippen molar-refractivity contribution >= 4 is 31.6 Å². The average molecular weight is 359 g/mol. The summed E-state index contributed by atoms with van der Waals surface area (Å²) in [6.07, 6.45) is 0. The second-order valence-corrected chi connectivity index (χ2v) is 6.97. The first-order valence-corrected chi connectivity index (χ1v) is 8.15. The minimum Gasteiger partial charge on any atom is -0.326 e. The van der Waals surface area contributed by atoms with E-state index in [1.807, 2.05) is 13.0 Å². The fourth-order valence-electron chi connectivity index (χ4n) is 1.89. The Morgan fingerprint density at radius 1 is 1.35 bits per heavy atom. The van der Waals surface area contributed by atoms with Crippen LogP contribution in [0.25, 0.3) is 0 Å². The summed E-state index contributed by atoms with van der Waals surface area (Å²) in [5.41, 5.74) is 8.13. The number of benzene rings is 1. The lowest BCUT2D eigenvalue weighted by Gasteiger charge is -2.08. The minimum atomic E-state index is -3.76. The molecule has 0 saturated carbocycles. The number of rotatable bonds is 4. The van der Waals surface area contributed by atoms with Crippen LogP contribution in [0.5, 0.6) is 0 Å². The molecule has 0 atom stereocenters. The number of aryl methyl sites for hydroxylation is 2. The van der Waals surface area contributed by atoms with E-state index in [0.29, 0.717) is 16.9 Å². The molecule has 8 heteroatoms. The summed E-state index contributed by atoms with van der Waals surface area (Å²) in [5, 5.41) is 6.42. The Labute approximate surface area is 125 Å². The topological polar surface area (TPSA) is 101 Å². The van der Waals surface area contributed by atoms with E-state index in [-0.39, 0.29) is 11.6 Å². The second kappa shape index (κ2) is 5.55. The Balaban J connectivity index is 2.40. The molecule has 6 nitrogen and oxygen atoms in total. The zero-order valence-electron chi connectivity index (χ0n) is 11.1. The van der Waals surface area contributed by atoms with E-state index in [1.165, 1.54) is 0 Å². The lowest BCUT2D eigenvalue weighted by molar-refractivity contribution is 0.596. The molecule has 1 heterocycles. The molecule has 2 rings (SSSR count). The van der Waals surface area contributed by atoms with Crippen LogP contribution >= 0.6 is 15.9 Å². The Morgan fingerprint density at radius 3 is 2.65 bits per heavy atom. The normalized spacial score (nSPS) is 11.6. The number of H-pyrrole nitrogens is 1. The van der Waals surface area contributed by atoms with Gasteiger partial charge >= 0.3 is 0 Å². The van der Waals surface area contributed by atoms with Gasteiger partial charge in [-0.2, -0.15) is 13.5 Å². The molecule has 0 radical (unpaired) electrons. The SMILES string of the molecule is Cc1cc(Br)cc(NS(=O)(=O)c2n[nH]c(C)c2CN)c1.